The largest absolute Gasteiger partial charge is 0.481 e. The van der Waals surface area contributed by atoms with Gasteiger partial charge in [0.25, 0.3) is 5.91 Å². The van der Waals surface area contributed by atoms with Crippen LogP contribution in [0, 0.1) is 23.2 Å². The third-order valence-corrected chi connectivity index (χ3v) is 11.5. The van der Waals surface area contributed by atoms with E-state index in [0.29, 0.717) is 52.2 Å². The molecule has 2 N–H and O–H groups in total. The number of carboxylic acids is 1. The minimum atomic E-state index is -0.692. The van der Waals surface area contributed by atoms with E-state index in [1.54, 1.807) is 18.2 Å². The summed E-state index contributed by atoms with van der Waals surface area (Å²) in [6.07, 6.45) is 4.92. The van der Waals surface area contributed by atoms with E-state index in [9.17, 15) is 24.8 Å². The summed E-state index contributed by atoms with van der Waals surface area (Å²) in [5.41, 5.74) is 6.24. The summed E-state index contributed by atoms with van der Waals surface area (Å²) < 4.78 is 3.73. The van der Waals surface area contributed by atoms with Crippen molar-refractivity contribution in [3.8, 4) is 17.2 Å². The van der Waals surface area contributed by atoms with Crippen LogP contribution in [0.4, 0.5) is 5.69 Å². The second-order valence-electron chi connectivity index (χ2n) is 14.5. The summed E-state index contributed by atoms with van der Waals surface area (Å²) in [6.45, 7) is 3.99. The van der Waals surface area contributed by atoms with Crippen LogP contribution in [0.25, 0.3) is 11.1 Å². The fourth-order valence-electron chi connectivity index (χ4n) is 8.16. The van der Waals surface area contributed by atoms with Crippen LogP contribution in [0.2, 0.25) is 5.02 Å². The van der Waals surface area contributed by atoms with E-state index in [1.165, 1.54) is 0 Å². The number of nitrogens with one attached hydrogen (secondary N) is 1. The Morgan fingerprint density at radius 3 is 2.29 bits per heavy atom. The summed E-state index contributed by atoms with van der Waals surface area (Å²) in [5.74, 6) is -0.335. The smallest absolute Gasteiger partial charge is 0.306 e. The van der Waals surface area contributed by atoms with E-state index >= 15 is 0 Å². The molecule has 2 aliphatic heterocycles. The number of nitriles is 1. The van der Waals surface area contributed by atoms with E-state index < -0.39 is 11.9 Å². The van der Waals surface area contributed by atoms with Gasteiger partial charge in [-0.15, -0.1) is 0 Å². The maximum atomic E-state index is 13.7. The van der Waals surface area contributed by atoms with Crippen molar-refractivity contribution in [1.29, 1.82) is 5.26 Å². The molecule has 52 heavy (non-hydrogen) atoms. The predicted molar refractivity (Wildman–Crippen MR) is 196 cm³/mol. The molecule has 0 radical (unpaired) electrons. The molecule has 2 aromatic carbocycles. The fourth-order valence-corrected chi connectivity index (χ4v) is 8.46. The lowest BCUT2D eigenvalue weighted by Gasteiger charge is -2.33. The van der Waals surface area contributed by atoms with Crippen molar-refractivity contribution in [2.24, 2.45) is 25.9 Å². The van der Waals surface area contributed by atoms with E-state index in [-0.39, 0.29) is 29.5 Å². The van der Waals surface area contributed by atoms with Gasteiger partial charge in [0.15, 0.2) is 11.6 Å². The standard InChI is InChI=1S/C39H43ClN8O4/c1-45-16-14-32-30(21-45)42-36(46(32)2)34(49)18-25-6-4-8-27(35(25)40)26-7-5-9-29(28(26)19-41)44-38(50)37-43-31-22-48(17-15-33(31)47(37)3)20-23-10-12-24(13-11-23)39(51)52/h4-9,23-24H,10-18,20-22H2,1-3H3,(H,44,50)(H,51,52). The second-order valence-corrected chi connectivity index (χ2v) is 14.9. The number of carbonyl (C=O) groups is 3. The number of benzene rings is 2. The quantitative estimate of drug-likeness (QED) is 0.221. The Morgan fingerprint density at radius 2 is 1.56 bits per heavy atom. The van der Waals surface area contributed by atoms with E-state index in [2.05, 4.69) is 26.2 Å². The molecule has 1 aliphatic carbocycles. The van der Waals surface area contributed by atoms with Crippen molar-refractivity contribution >= 4 is 34.9 Å². The topological polar surface area (TPSA) is 149 Å². The van der Waals surface area contributed by atoms with Crippen molar-refractivity contribution in [3.05, 3.63) is 87.0 Å². The van der Waals surface area contributed by atoms with Gasteiger partial charge in [-0.1, -0.05) is 41.9 Å². The Balaban J connectivity index is 1.06. The number of imidazole rings is 2. The Labute approximate surface area is 308 Å². The van der Waals surface area contributed by atoms with Gasteiger partial charge in [-0.25, -0.2) is 9.97 Å². The molecule has 0 spiro atoms. The number of aliphatic carboxylic acids is 1. The zero-order chi connectivity index (χ0) is 36.7. The number of rotatable bonds is 9. The van der Waals surface area contributed by atoms with Crippen molar-refractivity contribution in [1.82, 2.24) is 28.9 Å². The van der Waals surface area contributed by atoms with Crippen LogP contribution in [0.15, 0.2) is 36.4 Å². The second kappa shape index (κ2) is 14.7. The Hall–Kier alpha value is -4.83. The van der Waals surface area contributed by atoms with Gasteiger partial charge in [0.2, 0.25) is 5.78 Å². The van der Waals surface area contributed by atoms with Crippen LogP contribution < -0.4 is 5.32 Å². The first-order valence-corrected chi connectivity index (χ1v) is 18.3. The summed E-state index contributed by atoms with van der Waals surface area (Å²) in [6, 6.07) is 12.9. The van der Waals surface area contributed by atoms with Gasteiger partial charge in [0, 0.05) is 88.6 Å². The molecule has 1 fully saturated rings. The van der Waals surface area contributed by atoms with Crippen LogP contribution in [0.5, 0.6) is 0 Å². The van der Waals surface area contributed by atoms with Crippen LogP contribution in [0.1, 0.15) is 80.8 Å². The molecule has 0 bridgehead atoms. The average Bonchev–Trinajstić information content (AvgIpc) is 3.64. The third-order valence-electron chi connectivity index (χ3n) is 11.1. The molecule has 12 nitrogen and oxygen atoms in total. The van der Waals surface area contributed by atoms with E-state index in [0.717, 1.165) is 80.9 Å². The first kappa shape index (κ1) is 35.6. The number of nitrogens with zero attached hydrogens (tertiary/aromatic N) is 7. The Bertz CT molecular complexity index is 2100. The average molecular weight is 723 g/mol. The molecule has 1 amide bonds. The molecule has 3 aliphatic rings. The molecule has 2 aromatic heterocycles. The summed E-state index contributed by atoms with van der Waals surface area (Å²) in [5, 5.41) is 23.0. The van der Waals surface area contributed by atoms with Crippen LogP contribution >= 0.6 is 11.6 Å². The minimum absolute atomic E-state index is 0.0532. The van der Waals surface area contributed by atoms with Gasteiger partial charge < -0.3 is 24.5 Å². The first-order chi connectivity index (χ1) is 25.0. The fraction of sp³-hybridized carbons (Fsp3) is 0.436. The molecule has 7 rings (SSSR count). The van der Waals surface area contributed by atoms with Gasteiger partial charge in [0.05, 0.1) is 33.6 Å². The Kier molecular flexibility index (Phi) is 10.0. The number of amides is 1. The van der Waals surface area contributed by atoms with Gasteiger partial charge in [0.1, 0.15) is 6.07 Å². The van der Waals surface area contributed by atoms with E-state index in [4.69, 9.17) is 16.6 Å². The number of hydrogen-bond donors (Lipinski definition) is 2. The molecule has 0 atom stereocenters. The number of carbonyl (C=O) groups excluding carboxylic acids is 2. The predicted octanol–water partition coefficient (Wildman–Crippen LogP) is 5.26. The highest BCUT2D eigenvalue weighted by molar-refractivity contribution is 6.34. The third kappa shape index (κ3) is 6.88. The van der Waals surface area contributed by atoms with Crippen LogP contribution in [-0.2, 0) is 51.2 Å². The number of anilines is 1. The summed E-state index contributed by atoms with van der Waals surface area (Å²) in [4.78, 5) is 52.6. The number of hydrogen-bond acceptors (Lipinski definition) is 8. The van der Waals surface area contributed by atoms with Crippen molar-refractivity contribution < 1.29 is 19.5 Å². The molecule has 1 saturated carbocycles. The number of likely N-dealkylation sites (N-methyl/N-ethyl adjacent to an activating group) is 1. The van der Waals surface area contributed by atoms with Gasteiger partial charge in [-0.3, -0.25) is 19.3 Å². The lowest BCUT2D eigenvalue weighted by molar-refractivity contribution is -0.143. The number of halogens is 1. The summed E-state index contributed by atoms with van der Waals surface area (Å²) in [7, 11) is 5.77. The number of aromatic nitrogens is 4. The number of ketones is 1. The molecular formula is C39H43ClN8O4. The van der Waals surface area contributed by atoms with Gasteiger partial charge in [-0.05, 0) is 50.3 Å². The SMILES string of the molecule is CN1CCc2c(nc(C(=O)Cc3cccc(-c4cccc(NC(=O)c5nc6c(n5C)CCN(CC5CCC(C(=O)O)CC5)C6)c4C#N)c3Cl)n2C)C1. The number of fused-ring (bicyclic) bond motifs is 2. The Morgan fingerprint density at radius 1 is 0.904 bits per heavy atom. The first-order valence-electron chi connectivity index (χ1n) is 17.9. The molecule has 4 heterocycles. The normalized spacial score (nSPS) is 19.1. The lowest BCUT2D eigenvalue weighted by atomic mass is 9.81. The highest BCUT2D eigenvalue weighted by atomic mass is 35.5. The minimum Gasteiger partial charge on any atom is -0.481 e. The van der Waals surface area contributed by atoms with Crippen molar-refractivity contribution in [3.63, 3.8) is 0 Å². The monoisotopic (exact) mass is 722 g/mol. The van der Waals surface area contributed by atoms with Crippen molar-refractivity contribution in [2.75, 3.05) is 32.0 Å². The molecule has 0 unspecified atom stereocenters. The maximum absolute atomic E-state index is 13.7. The van der Waals surface area contributed by atoms with Crippen molar-refractivity contribution in [2.45, 2.75) is 58.0 Å². The van der Waals surface area contributed by atoms with E-state index in [1.807, 2.05) is 48.5 Å². The molecule has 270 valence electrons. The number of Topliss-reactive ketones (excluding diaryl/α,β-unsaturated/α-hetero) is 1. The molecular weight excluding hydrogens is 680 g/mol. The molecule has 4 aromatic rings. The number of carboxylic acid groups (broad SMARTS) is 1. The zero-order valence-electron chi connectivity index (χ0n) is 29.8. The molecule has 13 heteroatoms. The summed E-state index contributed by atoms with van der Waals surface area (Å²) >= 11 is 6.96. The van der Waals surface area contributed by atoms with Crippen LogP contribution in [-0.4, -0.2) is 78.4 Å². The highest BCUT2D eigenvalue weighted by Gasteiger charge is 2.31. The molecule has 0 saturated heterocycles. The lowest BCUT2D eigenvalue weighted by Crippen LogP contribution is -2.36. The maximum Gasteiger partial charge on any atom is 0.306 e. The zero-order valence-corrected chi connectivity index (χ0v) is 30.5. The highest BCUT2D eigenvalue weighted by Crippen LogP contribution is 2.36. The van der Waals surface area contributed by atoms with Gasteiger partial charge in [-0.2, -0.15) is 5.26 Å². The van der Waals surface area contributed by atoms with Gasteiger partial charge >= 0.3 is 5.97 Å². The van der Waals surface area contributed by atoms with Crippen LogP contribution in [0.3, 0.4) is 0 Å².